The number of nitrogens with zero attached hydrogens (tertiary/aromatic N) is 4. The molecular weight excluding hydrogens is 344 g/mol. The lowest BCUT2D eigenvalue weighted by Crippen LogP contribution is -1.93. The number of aromatic nitrogens is 4. The van der Waals surface area contributed by atoms with E-state index < -0.39 is 0 Å². The maximum atomic E-state index is 5.14. The summed E-state index contributed by atoms with van der Waals surface area (Å²) in [6.45, 7) is 0. The SMILES string of the molecule is c1cc2c3c(cccc3c1)-c1nc3c(cc1-2)c1nccnc1c1cccnc13. The van der Waals surface area contributed by atoms with Crippen LogP contribution in [0.2, 0.25) is 0 Å². The van der Waals surface area contributed by atoms with E-state index in [2.05, 4.69) is 57.4 Å². The molecule has 1 aliphatic carbocycles. The average Bonchev–Trinajstić information content (AvgIpc) is 3.08. The van der Waals surface area contributed by atoms with E-state index in [4.69, 9.17) is 4.98 Å². The molecule has 0 spiro atoms. The molecule has 3 heterocycles. The molecule has 128 valence electrons. The monoisotopic (exact) mass is 356 g/mol. The van der Waals surface area contributed by atoms with E-state index in [0.29, 0.717) is 0 Å². The molecule has 3 aromatic heterocycles. The predicted octanol–water partition coefficient (Wildman–Crippen LogP) is 5.53. The third kappa shape index (κ3) is 1.61. The van der Waals surface area contributed by atoms with Crippen LogP contribution in [0.1, 0.15) is 0 Å². The molecule has 0 bridgehead atoms. The number of hydrogen-bond donors (Lipinski definition) is 0. The van der Waals surface area contributed by atoms with Crippen molar-refractivity contribution in [3.8, 4) is 22.4 Å². The van der Waals surface area contributed by atoms with E-state index in [1.54, 1.807) is 12.4 Å². The highest BCUT2D eigenvalue weighted by Gasteiger charge is 2.24. The van der Waals surface area contributed by atoms with Gasteiger partial charge in [-0.05, 0) is 34.5 Å². The van der Waals surface area contributed by atoms with E-state index in [-0.39, 0.29) is 0 Å². The van der Waals surface area contributed by atoms with Crippen LogP contribution in [0.15, 0.2) is 73.2 Å². The second-order valence-corrected chi connectivity index (χ2v) is 7.14. The molecule has 6 aromatic rings. The van der Waals surface area contributed by atoms with Crippen molar-refractivity contribution in [2.75, 3.05) is 0 Å². The summed E-state index contributed by atoms with van der Waals surface area (Å²) in [5, 5.41) is 4.50. The van der Waals surface area contributed by atoms with Crippen LogP contribution in [-0.4, -0.2) is 19.9 Å². The standard InChI is InChI=1S/C24H12N4/c1-4-13-5-2-7-15-19(13)14(6-1)17-12-18-23-21(26-10-11-27-23)16-8-3-9-25-22(16)24(18)28-20(15)17/h1-12H. The van der Waals surface area contributed by atoms with Gasteiger partial charge in [-0.3, -0.25) is 15.0 Å². The van der Waals surface area contributed by atoms with Crippen molar-refractivity contribution in [3.05, 3.63) is 73.2 Å². The summed E-state index contributed by atoms with van der Waals surface area (Å²) in [6, 6.07) is 19.1. The number of pyridine rings is 2. The molecule has 0 fully saturated rings. The molecule has 0 amide bonds. The molecule has 0 atom stereocenters. The Morgan fingerprint density at radius 3 is 2.11 bits per heavy atom. The van der Waals surface area contributed by atoms with Crippen molar-refractivity contribution in [1.82, 2.24) is 19.9 Å². The molecule has 0 radical (unpaired) electrons. The van der Waals surface area contributed by atoms with Crippen LogP contribution >= 0.6 is 0 Å². The third-order valence-electron chi connectivity index (χ3n) is 5.71. The highest BCUT2D eigenvalue weighted by molar-refractivity contribution is 6.23. The lowest BCUT2D eigenvalue weighted by molar-refractivity contribution is 1.30. The zero-order valence-corrected chi connectivity index (χ0v) is 14.7. The fourth-order valence-electron chi connectivity index (χ4n) is 4.57. The Morgan fingerprint density at radius 1 is 0.536 bits per heavy atom. The van der Waals surface area contributed by atoms with Gasteiger partial charge < -0.3 is 0 Å². The van der Waals surface area contributed by atoms with Gasteiger partial charge in [-0.2, -0.15) is 0 Å². The molecule has 0 N–H and O–H groups in total. The second-order valence-electron chi connectivity index (χ2n) is 7.14. The molecule has 28 heavy (non-hydrogen) atoms. The van der Waals surface area contributed by atoms with E-state index in [1.165, 1.54) is 21.9 Å². The van der Waals surface area contributed by atoms with Gasteiger partial charge in [0.15, 0.2) is 0 Å². The quantitative estimate of drug-likeness (QED) is 0.335. The van der Waals surface area contributed by atoms with Crippen molar-refractivity contribution in [2.45, 2.75) is 0 Å². The van der Waals surface area contributed by atoms with Gasteiger partial charge in [0, 0.05) is 40.5 Å². The fourth-order valence-corrected chi connectivity index (χ4v) is 4.57. The van der Waals surface area contributed by atoms with Crippen LogP contribution in [0, 0.1) is 0 Å². The van der Waals surface area contributed by atoms with Crippen molar-refractivity contribution in [3.63, 3.8) is 0 Å². The predicted molar refractivity (Wildman–Crippen MR) is 112 cm³/mol. The molecule has 0 saturated heterocycles. The first-order valence-electron chi connectivity index (χ1n) is 9.25. The number of hydrogen-bond acceptors (Lipinski definition) is 4. The minimum atomic E-state index is 0.869. The zero-order chi connectivity index (χ0) is 18.2. The number of fused-ring (bicyclic) bond motifs is 9. The highest BCUT2D eigenvalue weighted by atomic mass is 14.8. The minimum Gasteiger partial charge on any atom is -0.254 e. The van der Waals surface area contributed by atoms with Crippen LogP contribution < -0.4 is 0 Å². The number of benzene rings is 3. The first-order valence-corrected chi connectivity index (χ1v) is 9.25. The molecule has 0 saturated carbocycles. The van der Waals surface area contributed by atoms with Crippen LogP contribution in [-0.2, 0) is 0 Å². The molecule has 0 unspecified atom stereocenters. The minimum absolute atomic E-state index is 0.869. The summed E-state index contributed by atoms with van der Waals surface area (Å²) >= 11 is 0. The molecule has 4 nitrogen and oxygen atoms in total. The Labute approximate surface area is 159 Å². The van der Waals surface area contributed by atoms with Gasteiger partial charge in [-0.25, -0.2) is 4.98 Å². The topological polar surface area (TPSA) is 51.6 Å². The second kappa shape index (κ2) is 4.87. The summed E-state index contributed by atoms with van der Waals surface area (Å²) in [5.74, 6) is 0. The summed E-state index contributed by atoms with van der Waals surface area (Å²) in [5.41, 5.74) is 8.09. The number of rotatable bonds is 0. The van der Waals surface area contributed by atoms with Gasteiger partial charge in [0.2, 0.25) is 0 Å². The Kier molecular flexibility index (Phi) is 2.46. The first-order chi connectivity index (χ1) is 13.9. The molecule has 7 rings (SSSR count). The molecule has 1 aliphatic rings. The van der Waals surface area contributed by atoms with Crippen LogP contribution in [0.3, 0.4) is 0 Å². The van der Waals surface area contributed by atoms with Gasteiger partial charge >= 0.3 is 0 Å². The maximum absolute atomic E-state index is 5.14. The van der Waals surface area contributed by atoms with Gasteiger partial charge in [-0.15, -0.1) is 0 Å². The Balaban J connectivity index is 1.76. The average molecular weight is 356 g/mol. The fraction of sp³-hybridized carbons (Fsp3) is 0. The van der Waals surface area contributed by atoms with E-state index in [9.17, 15) is 0 Å². The molecule has 3 aromatic carbocycles. The summed E-state index contributed by atoms with van der Waals surface area (Å²) in [4.78, 5) is 19.1. The summed E-state index contributed by atoms with van der Waals surface area (Å²) < 4.78 is 0. The van der Waals surface area contributed by atoms with E-state index in [0.717, 1.165) is 44.1 Å². The largest absolute Gasteiger partial charge is 0.254 e. The van der Waals surface area contributed by atoms with Crippen molar-refractivity contribution >= 4 is 43.6 Å². The van der Waals surface area contributed by atoms with Crippen LogP contribution in [0.4, 0.5) is 0 Å². The van der Waals surface area contributed by atoms with Crippen molar-refractivity contribution < 1.29 is 0 Å². The third-order valence-corrected chi connectivity index (χ3v) is 5.71. The van der Waals surface area contributed by atoms with E-state index in [1.807, 2.05) is 18.3 Å². The Morgan fingerprint density at radius 2 is 1.25 bits per heavy atom. The van der Waals surface area contributed by atoms with Crippen LogP contribution in [0.25, 0.3) is 66.0 Å². The molecule has 0 aliphatic heterocycles. The van der Waals surface area contributed by atoms with Gasteiger partial charge in [0.25, 0.3) is 0 Å². The normalized spacial score (nSPS) is 12.3. The van der Waals surface area contributed by atoms with Gasteiger partial charge in [0.1, 0.15) is 0 Å². The molecular formula is C24H12N4. The zero-order valence-electron chi connectivity index (χ0n) is 14.7. The van der Waals surface area contributed by atoms with Crippen LogP contribution in [0.5, 0.6) is 0 Å². The van der Waals surface area contributed by atoms with Gasteiger partial charge in [-0.1, -0.05) is 36.4 Å². The summed E-state index contributed by atoms with van der Waals surface area (Å²) in [6.07, 6.45) is 5.29. The summed E-state index contributed by atoms with van der Waals surface area (Å²) in [7, 11) is 0. The lowest BCUT2D eigenvalue weighted by atomic mass is 10.0. The maximum Gasteiger partial charge on any atom is 0.0995 e. The molecule has 4 heteroatoms. The van der Waals surface area contributed by atoms with Crippen molar-refractivity contribution in [2.24, 2.45) is 0 Å². The lowest BCUT2D eigenvalue weighted by Gasteiger charge is -2.10. The smallest absolute Gasteiger partial charge is 0.0995 e. The Bertz CT molecular complexity index is 1500. The Hall–Kier alpha value is -3.92. The highest BCUT2D eigenvalue weighted by Crippen LogP contribution is 2.48. The van der Waals surface area contributed by atoms with Crippen molar-refractivity contribution in [1.29, 1.82) is 0 Å². The van der Waals surface area contributed by atoms with Gasteiger partial charge in [0.05, 0.1) is 27.8 Å². The first kappa shape index (κ1) is 14.2. The van der Waals surface area contributed by atoms with E-state index >= 15 is 0 Å².